The number of halogens is 2. The summed E-state index contributed by atoms with van der Waals surface area (Å²) in [5.74, 6) is 0. The first kappa shape index (κ1) is 42.3. The SMILES string of the molecule is CC1(C)c2cc(I)ccc2-c2ccc(-c3cc4c5cccc(c5)c5cccc6c7cc(-c8ccc9c(c8)C(C)(C)c8cc(I)ccc8-9)cc8c9cccc(c9)c9cccc%10c(c3)c4c3cc(c(cc3c9%10)c87)c56)cc21. The van der Waals surface area contributed by atoms with E-state index in [1.165, 1.54) is 182 Å². The Balaban J connectivity index is 1.03. The lowest BCUT2D eigenvalue weighted by molar-refractivity contribution is 0.660. The maximum Gasteiger partial charge on any atom is 0.0159 e. The summed E-state index contributed by atoms with van der Waals surface area (Å²) in [6, 6.07) is 76.7. The van der Waals surface area contributed by atoms with Gasteiger partial charge < -0.3 is 0 Å². The fourth-order valence-corrected chi connectivity index (χ4v) is 15.6. The van der Waals surface area contributed by atoms with Crippen LogP contribution in [0.1, 0.15) is 49.9 Å². The molecule has 15 aromatic carbocycles. The first-order valence-electron chi connectivity index (χ1n) is 25.9. The molecule has 0 aromatic heterocycles. The van der Waals surface area contributed by atoms with E-state index in [0.29, 0.717) is 0 Å². The molecule has 0 atom stereocenters. The van der Waals surface area contributed by atoms with Gasteiger partial charge in [-0.3, -0.25) is 0 Å². The van der Waals surface area contributed by atoms with Crippen LogP contribution in [0.15, 0.2) is 194 Å². The van der Waals surface area contributed by atoms with Crippen molar-refractivity contribution in [3.05, 3.63) is 224 Å². The van der Waals surface area contributed by atoms with Crippen molar-refractivity contribution in [2.24, 2.45) is 0 Å². The minimum atomic E-state index is -0.110. The van der Waals surface area contributed by atoms with Gasteiger partial charge in [0.25, 0.3) is 0 Å². The molecule has 0 aliphatic heterocycles. The Labute approximate surface area is 455 Å². The molecule has 15 aromatic rings. The third-order valence-corrected chi connectivity index (χ3v) is 19.5. The van der Waals surface area contributed by atoms with Gasteiger partial charge in [0.15, 0.2) is 0 Å². The van der Waals surface area contributed by atoms with Crippen LogP contribution in [0.25, 0.3) is 152 Å². The summed E-state index contributed by atoms with van der Waals surface area (Å²) in [6.07, 6.45) is 0. The topological polar surface area (TPSA) is 0 Å². The number of hydrogen-bond acceptors (Lipinski definition) is 0. The lowest BCUT2D eigenvalue weighted by atomic mass is 9.80. The summed E-state index contributed by atoms with van der Waals surface area (Å²) in [5, 5.41) is 25.8. The summed E-state index contributed by atoms with van der Waals surface area (Å²) in [7, 11) is 0. The number of fused-ring (bicyclic) bond motifs is 16. The van der Waals surface area contributed by atoms with Gasteiger partial charge in [-0.25, -0.2) is 0 Å². The first-order valence-corrected chi connectivity index (χ1v) is 28.1. The van der Waals surface area contributed by atoms with Crippen molar-refractivity contribution in [1.82, 2.24) is 0 Å². The van der Waals surface area contributed by atoms with Gasteiger partial charge in [-0.05, 0) is 305 Å². The van der Waals surface area contributed by atoms with Crippen LogP contribution in [0, 0.1) is 7.14 Å². The highest BCUT2D eigenvalue weighted by Crippen LogP contribution is 2.54. The van der Waals surface area contributed by atoms with Gasteiger partial charge in [0.05, 0.1) is 0 Å². The molecule has 2 aliphatic carbocycles. The van der Waals surface area contributed by atoms with E-state index < -0.39 is 0 Å². The molecule has 17 rings (SSSR count). The molecular weight excluding hydrogens is 1120 g/mol. The van der Waals surface area contributed by atoms with Crippen LogP contribution in [-0.2, 0) is 10.8 Å². The highest BCUT2D eigenvalue weighted by molar-refractivity contribution is 14.1. The number of rotatable bonds is 2. The Hall–Kier alpha value is -7.12. The molecule has 0 saturated heterocycles. The van der Waals surface area contributed by atoms with Gasteiger partial charge in [0, 0.05) is 18.0 Å². The highest BCUT2D eigenvalue weighted by atomic mass is 127. The minimum absolute atomic E-state index is 0.110. The number of benzene rings is 13. The molecule has 0 amide bonds. The van der Waals surface area contributed by atoms with Crippen LogP contribution in [0.2, 0.25) is 0 Å². The van der Waals surface area contributed by atoms with Crippen LogP contribution < -0.4 is 0 Å². The fraction of sp³-hybridized carbons (Fsp3) is 0.0833. The average Bonchev–Trinajstić information content (AvgIpc) is 3.80. The van der Waals surface area contributed by atoms with Crippen LogP contribution >= 0.6 is 45.2 Å². The molecule has 2 heteroatoms. The Kier molecular flexibility index (Phi) is 8.21. The summed E-state index contributed by atoms with van der Waals surface area (Å²) < 4.78 is 2.56. The smallest absolute Gasteiger partial charge is 0.0159 e. The maximum atomic E-state index is 2.61. The van der Waals surface area contributed by atoms with E-state index >= 15 is 0 Å². The summed E-state index contributed by atoms with van der Waals surface area (Å²) >= 11 is 4.93. The molecule has 346 valence electrons. The second-order valence-corrected chi connectivity index (χ2v) is 25.1. The molecule has 0 spiro atoms. The fourth-order valence-electron chi connectivity index (χ4n) is 14.6. The second-order valence-electron chi connectivity index (χ2n) is 22.6. The normalized spacial score (nSPS) is 14.6. The van der Waals surface area contributed by atoms with E-state index in [0.717, 1.165) is 0 Å². The lowest BCUT2D eigenvalue weighted by Crippen LogP contribution is -2.15. The van der Waals surface area contributed by atoms with Gasteiger partial charge in [-0.2, -0.15) is 0 Å². The predicted molar refractivity (Wildman–Crippen MR) is 335 cm³/mol. The molecular formula is C72H44I2. The molecule has 0 radical (unpaired) electrons. The van der Waals surface area contributed by atoms with Crippen molar-refractivity contribution in [2.45, 2.75) is 38.5 Å². The molecule has 8 bridgehead atoms. The van der Waals surface area contributed by atoms with Crippen LogP contribution in [0.3, 0.4) is 0 Å². The lowest BCUT2D eigenvalue weighted by Gasteiger charge is -2.23. The van der Waals surface area contributed by atoms with E-state index in [4.69, 9.17) is 0 Å². The van der Waals surface area contributed by atoms with Crippen LogP contribution in [-0.4, -0.2) is 0 Å². The highest BCUT2D eigenvalue weighted by Gasteiger charge is 2.37. The second kappa shape index (κ2) is 14.4. The van der Waals surface area contributed by atoms with Gasteiger partial charge in [0.1, 0.15) is 0 Å². The van der Waals surface area contributed by atoms with E-state index in [1.54, 1.807) is 0 Å². The van der Waals surface area contributed by atoms with E-state index in [-0.39, 0.29) is 10.8 Å². The zero-order valence-corrected chi connectivity index (χ0v) is 45.5. The standard InChI is InChI=1S/C72H44I2/c1-71(2)63-31-37(17-21-49(63)51-23-19-45(73)33-65(51)71)43-27-55-41-11-5-9-39(25-41)48-14-8-16-54-58-30-44(38-18-22-50-52-24-20-46(74)34-66(52)72(3,4)64(50)32-38)28-56-42-12-6-10-40(26-42)47-13-7-15-53-57(29-43)69(55)61-35-60(68(48)54)62(70(56)58)36-59(61)67(47)53/h5-36H,1-4H3. The summed E-state index contributed by atoms with van der Waals surface area (Å²) in [6.45, 7) is 9.60. The zero-order valence-electron chi connectivity index (χ0n) is 41.2. The van der Waals surface area contributed by atoms with Gasteiger partial charge in [0.2, 0.25) is 0 Å². The molecule has 0 heterocycles. The predicted octanol–water partition coefficient (Wildman–Crippen LogP) is 21.3. The Morgan fingerprint density at radius 1 is 0.243 bits per heavy atom. The number of hydrogen-bond donors (Lipinski definition) is 0. The van der Waals surface area contributed by atoms with Crippen LogP contribution in [0.4, 0.5) is 0 Å². The summed E-state index contributed by atoms with van der Waals surface area (Å²) in [5.41, 5.74) is 15.8. The molecule has 0 saturated carbocycles. The molecule has 74 heavy (non-hydrogen) atoms. The van der Waals surface area contributed by atoms with Gasteiger partial charge in [-0.1, -0.05) is 137 Å². The zero-order chi connectivity index (χ0) is 49.3. The summed E-state index contributed by atoms with van der Waals surface area (Å²) in [4.78, 5) is 0. The largest absolute Gasteiger partial charge is 0.0610 e. The van der Waals surface area contributed by atoms with Gasteiger partial charge >= 0.3 is 0 Å². The Morgan fingerprint density at radius 3 is 0.973 bits per heavy atom. The van der Waals surface area contributed by atoms with Gasteiger partial charge in [-0.15, -0.1) is 0 Å². The Bertz CT molecular complexity index is 4770. The third-order valence-electron chi connectivity index (χ3n) is 18.1. The van der Waals surface area contributed by atoms with Crippen LogP contribution in [0.5, 0.6) is 0 Å². The Morgan fingerprint density at radius 2 is 0.554 bits per heavy atom. The quantitative estimate of drug-likeness (QED) is 0.0919. The monoisotopic (exact) mass is 1160 g/mol. The third kappa shape index (κ3) is 5.43. The van der Waals surface area contributed by atoms with E-state index in [2.05, 4.69) is 267 Å². The van der Waals surface area contributed by atoms with Crippen molar-refractivity contribution in [3.8, 4) is 44.5 Å². The van der Waals surface area contributed by atoms with E-state index in [1.807, 2.05) is 0 Å². The molecule has 0 fully saturated rings. The van der Waals surface area contributed by atoms with Crippen molar-refractivity contribution in [3.63, 3.8) is 0 Å². The molecule has 0 nitrogen and oxygen atoms in total. The molecule has 0 unspecified atom stereocenters. The van der Waals surface area contributed by atoms with Crippen molar-refractivity contribution in [2.75, 3.05) is 0 Å². The van der Waals surface area contributed by atoms with Crippen molar-refractivity contribution < 1.29 is 0 Å². The van der Waals surface area contributed by atoms with Crippen molar-refractivity contribution >= 4 is 153 Å². The van der Waals surface area contributed by atoms with E-state index in [9.17, 15) is 0 Å². The molecule has 0 N–H and O–H groups in total. The first-order chi connectivity index (χ1) is 36.0. The minimum Gasteiger partial charge on any atom is -0.0610 e. The van der Waals surface area contributed by atoms with Crippen molar-refractivity contribution in [1.29, 1.82) is 0 Å². The maximum absolute atomic E-state index is 2.61. The molecule has 2 aliphatic rings. The average molecular weight is 1160 g/mol.